The third-order valence-corrected chi connectivity index (χ3v) is 5.81. The van der Waals surface area contributed by atoms with E-state index in [1.165, 1.54) is 36.6 Å². The Bertz CT molecular complexity index is 743. The van der Waals surface area contributed by atoms with Crippen molar-refractivity contribution in [2.24, 2.45) is 0 Å². The number of carbonyl (C=O) groups excluding carboxylic acids is 1. The molecule has 2 aliphatic heterocycles. The maximum absolute atomic E-state index is 13.0. The first kappa shape index (κ1) is 16.6. The van der Waals surface area contributed by atoms with Gasteiger partial charge in [-0.15, -0.1) is 0 Å². The molecule has 0 bridgehead atoms. The third kappa shape index (κ3) is 3.57. The predicted octanol–water partition coefficient (Wildman–Crippen LogP) is 4.15. The second kappa shape index (κ2) is 7.57. The van der Waals surface area contributed by atoms with E-state index in [9.17, 15) is 4.79 Å². The summed E-state index contributed by atoms with van der Waals surface area (Å²) in [6.45, 7) is 2.97. The van der Waals surface area contributed by atoms with E-state index < -0.39 is 0 Å². The van der Waals surface area contributed by atoms with Crippen LogP contribution < -0.4 is 5.32 Å². The Morgan fingerprint density at radius 1 is 1.00 bits per heavy atom. The largest absolute Gasteiger partial charge is 0.339 e. The van der Waals surface area contributed by atoms with E-state index in [1.807, 2.05) is 4.90 Å². The van der Waals surface area contributed by atoms with Crippen LogP contribution in [0, 0.1) is 0 Å². The van der Waals surface area contributed by atoms with Crippen molar-refractivity contribution in [2.45, 2.75) is 51.0 Å². The van der Waals surface area contributed by atoms with Gasteiger partial charge in [0.25, 0.3) is 5.91 Å². The average Bonchev–Trinajstić information content (AvgIpc) is 3.20. The molecule has 0 aliphatic carbocycles. The number of nitrogens with one attached hydrogen (secondary N) is 1. The van der Waals surface area contributed by atoms with Crippen molar-refractivity contribution in [1.29, 1.82) is 0 Å². The summed E-state index contributed by atoms with van der Waals surface area (Å²) in [5.41, 5.74) is 2.25. The summed E-state index contributed by atoms with van der Waals surface area (Å²) >= 11 is 0. The Morgan fingerprint density at radius 2 is 1.80 bits per heavy atom. The van der Waals surface area contributed by atoms with Gasteiger partial charge in [0.15, 0.2) is 0 Å². The van der Waals surface area contributed by atoms with Crippen LogP contribution in [0.5, 0.6) is 0 Å². The molecular formula is C22H28N2O. The van der Waals surface area contributed by atoms with Gasteiger partial charge in [0, 0.05) is 24.7 Å². The lowest BCUT2D eigenvalue weighted by molar-refractivity contribution is 0.0726. The third-order valence-electron chi connectivity index (χ3n) is 5.81. The zero-order valence-electron chi connectivity index (χ0n) is 15.0. The summed E-state index contributed by atoms with van der Waals surface area (Å²) in [5.74, 6) is 0.208. The molecule has 3 nitrogen and oxygen atoms in total. The number of rotatable bonds is 4. The van der Waals surface area contributed by atoms with Crippen LogP contribution in [0.15, 0.2) is 36.4 Å². The quantitative estimate of drug-likeness (QED) is 0.909. The predicted molar refractivity (Wildman–Crippen MR) is 103 cm³/mol. The van der Waals surface area contributed by atoms with E-state index in [4.69, 9.17) is 0 Å². The first-order valence-electron chi connectivity index (χ1n) is 9.86. The summed E-state index contributed by atoms with van der Waals surface area (Å²) in [5, 5.41) is 5.96. The summed E-state index contributed by atoms with van der Waals surface area (Å²) in [6.07, 6.45) is 8.38. The lowest BCUT2D eigenvalue weighted by Gasteiger charge is -2.27. The monoisotopic (exact) mass is 336 g/mol. The maximum Gasteiger partial charge on any atom is 0.254 e. The van der Waals surface area contributed by atoms with Crippen molar-refractivity contribution in [3.63, 3.8) is 0 Å². The molecule has 2 aliphatic rings. The van der Waals surface area contributed by atoms with E-state index in [-0.39, 0.29) is 5.91 Å². The molecule has 25 heavy (non-hydrogen) atoms. The van der Waals surface area contributed by atoms with Crippen LogP contribution >= 0.6 is 0 Å². The van der Waals surface area contributed by atoms with Gasteiger partial charge >= 0.3 is 0 Å². The molecule has 2 saturated heterocycles. The van der Waals surface area contributed by atoms with Crippen molar-refractivity contribution in [3.05, 3.63) is 47.5 Å². The van der Waals surface area contributed by atoms with Crippen molar-refractivity contribution in [1.82, 2.24) is 10.2 Å². The highest BCUT2D eigenvalue weighted by molar-refractivity contribution is 6.07. The van der Waals surface area contributed by atoms with Gasteiger partial charge < -0.3 is 10.2 Å². The van der Waals surface area contributed by atoms with Gasteiger partial charge in [0.1, 0.15) is 0 Å². The van der Waals surface area contributed by atoms with Gasteiger partial charge in [0.2, 0.25) is 0 Å². The van der Waals surface area contributed by atoms with E-state index in [1.54, 1.807) is 0 Å². The van der Waals surface area contributed by atoms with E-state index in [0.717, 1.165) is 49.8 Å². The Morgan fingerprint density at radius 3 is 2.56 bits per heavy atom. The average molecular weight is 336 g/mol. The molecule has 2 aromatic rings. The van der Waals surface area contributed by atoms with E-state index in [0.29, 0.717) is 6.04 Å². The van der Waals surface area contributed by atoms with Crippen LogP contribution in [0.3, 0.4) is 0 Å². The first-order valence-corrected chi connectivity index (χ1v) is 9.86. The molecule has 2 fully saturated rings. The molecular weight excluding hydrogens is 308 g/mol. The maximum atomic E-state index is 13.0. The summed E-state index contributed by atoms with van der Waals surface area (Å²) in [4.78, 5) is 15.0. The Labute approximate surface area is 150 Å². The standard InChI is InChI=1S/C22H28N2O/c25-22(24-15-4-1-5-16-24)21-13-11-17(10-12-18-7-6-14-23-18)19-8-2-3-9-20(19)21/h2-3,8-9,11,13,18,23H,1,4-7,10,12,14-16H2. The molecule has 0 saturated carbocycles. The van der Waals surface area contributed by atoms with E-state index >= 15 is 0 Å². The van der Waals surface area contributed by atoms with E-state index in [2.05, 4.69) is 41.7 Å². The Kier molecular flexibility index (Phi) is 5.02. The van der Waals surface area contributed by atoms with Crippen molar-refractivity contribution in [3.8, 4) is 0 Å². The van der Waals surface area contributed by atoms with Crippen LogP contribution in [0.1, 0.15) is 54.4 Å². The molecule has 1 atom stereocenters. The number of nitrogens with zero attached hydrogens (tertiary/aromatic N) is 1. The Balaban J connectivity index is 1.60. The fraction of sp³-hybridized carbons (Fsp3) is 0.500. The zero-order valence-corrected chi connectivity index (χ0v) is 15.0. The molecule has 0 spiro atoms. The van der Waals surface area contributed by atoms with Crippen molar-refractivity contribution < 1.29 is 4.79 Å². The molecule has 1 amide bonds. The fourth-order valence-corrected chi connectivity index (χ4v) is 4.37. The number of hydrogen-bond donors (Lipinski definition) is 1. The SMILES string of the molecule is O=C(c1ccc(CCC2CCCN2)c2ccccc12)N1CCCCC1. The second-order valence-corrected chi connectivity index (χ2v) is 7.50. The topological polar surface area (TPSA) is 32.3 Å². The van der Waals surface area contributed by atoms with Crippen LogP contribution in [0.4, 0.5) is 0 Å². The van der Waals surface area contributed by atoms with Crippen LogP contribution in [-0.4, -0.2) is 36.5 Å². The summed E-state index contributed by atoms with van der Waals surface area (Å²) in [6, 6.07) is 13.4. The molecule has 3 heteroatoms. The number of aryl methyl sites for hydroxylation is 1. The van der Waals surface area contributed by atoms with Crippen molar-refractivity contribution in [2.75, 3.05) is 19.6 Å². The zero-order chi connectivity index (χ0) is 17.1. The number of benzene rings is 2. The van der Waals surface area contributed by atoms with Gasteiger partial charge in [0.05, 0.1) is 0 Å². The number of piperidine rings is 1. The minimum atomic E-state index is 0.208. The highest BCUT2D eigenvalue weighted by Gasteiger charge is 2.21. The van der Waals surface area contributed by atoms with Gasteiger partial charge in [-0.05, 0) is 73.9 Å². The molecule has 1 unspecified atom stereocenters. The number of fused-ring (bicyclic) bond motifs is 1. The second-order valence-electron chi connectivity index (χ2n) is 7.50. The number of hydrogen-bond acceptors (Lipinski definition) is 2. The number of amides is 1. The molecule has 2 heterocycles. The van der Waals surface area contributed by atoms with Crippen LogP contribution in [0.25, 0.3) is 10.8 Å². The lowest BCUT2D eigenvalue weighted by Crippen LogP contribution is -2.35. The highest BCUT2D eigenvalue weighted by Crippen LogP contribution is 2.26. The number of likely N-dealkylation sites (tertiary alicyclic amines) is 1. The molecule has 0 aromatic heterocycles. The molecule has 2 aromatic carbocycles. The summed E-state index contributed by atoms with van der Waals surface area (Å²) in [7, 11) is 0. The molecule has 0 radical (unpaired) electrons. The van der Waals surface area contributed by atoms with Gasteiger partial charge in [-0.1, -0.05) is 30.3 Å². The minimum absolute atomic E-state index is 0.208. The molecule has 1 N–H and O–H groups in total. The molecule has 132 valence electrons. The highest BCUT2D eigenvalue weighted by atomic mass is 16.2. The number of carbonyl (C=O) groups is 1. The first-order chi connectivity index (χ1) is 12.3. The molecule has 4 rings (SSSR count). The fourth-order valence-electron chi connectivity index (χ4n) is 4.37. The Hall–Kier alpha value is -1.87. The van der Waals surface area contributed by atoms with Crippen LogP contribution in [0.2, 0.25) is 0 Å². The van der Waals surface area contributed by atoms with Crippen LogP contribution in [-0.2, 0) is 6.42 Å². The van der Waals surface area contributed by atoms with Gasteiger partial charge in [-0.3, -0.25) is 4.79 Å². The minimum Gasteiger partial charge on any atom is -0.339 e. The normalized spacial score (nSPS) is 21.0. The smallest absolute Gasteiger partial charge is 0.254 e. The van der Waals surface area contributed by atoms with Gasteiger partial charge in [-0.2, -0.15) is 0 Å². The lowest BCUT2D eigenvalue weighted by atomic mass is 9.94. The van der Waals surface area contributed by atoms with Crippen molar-refractivity contribution >= 4 is 16.7 Å². The van der Waals surface area contributed by atoms with Gasteiger partial charge in [-0.25, -0.2) is 0 Å². The summed E-state index contributed by atoms with van der Waals surface area (Å²) < 4.78 is 0.